The number of hydrogen-bond acceptors (Lipinski definition) is 7. The van der Waals surface area contributed by atoms with Crippen LogP contribution >= 0.6 is 0 Å². The number of nitrogens with zero attached hydrogens (tertiary/aromatic N) is 5. The fraction of sp³-hybridized carbons (Fsp3) is 0.545. The number of rotatable bonds is 5. The Morgan fingerprint density at radius 3 is 2.50 bits per heavy atom. The number of hydrogen-bond donors (Lipinski definition) is 1. The quantitative estimate of drug-likeness (QED) is 0.593. The lowest BCUT2D eigenvalue weighted by Gasteiger charge is -2.34. The third-order valence-electron chi connectivity index (χ3n) is 6.28. The summed E-state index contributed by atoms with van der Waals surface area (Å²) in [6.07, 6.45) is 5.31. The van der Waals surface area contributed by atoms with Gasteiger partial charge in [0.25, 0.3) is 0 Å². The van der Waals surface area contributed by atoms with Crippen molar-refractivity contribution >= 4 is 23.3 Å². The van der Waals surface area contributed by atoms with Gasteiger partial charge in [-0.1, -0.05) is 37.3 Å². The van der Waals surface area contributed by atoms with Crippen LogP contribution in [0.15, 0.2) is 30.3 Å². The maximum atomic E-state index is 11.7. The lowest BCUT2D eigenvalue weighted by Crippen LogP contribution is -2.38. The van der Waals surface area contributed by atoms with Crippen molar-refractivity contribution in [2.45, 2.75) is 39.0 Å². The molecule has 1 aromatic heterocycles. The van der Waals surface area contributed by atoms with E-state index in [0.29, 0.717) is 23.6 Å². The summed E-state index contributed by atoms with van der Waals surface area (Å²) >= 11 is 0. The molecule has 0 spiro atoms. The zero-order chi connectivity index (χ0) is 21.1. The highest BCUT2D eigenvalue weighted by Gasteiger charge is 2.31. The fourth-order valence-electron chi connectivity index (χ4n) is 4.65. The van der Waals surface area contributed by atoms with E-state index in [0.717, 1.165) is 58.3 Å². The molecule has 30 heavy (non-hydrogen) atoms. The number of nitrogen functional groups attached to an aromatic ring is 1. The summed E-state index contributed by atoms with van der Waals surface area (Å²) in [7, 11) is 0. The van der Waals surface area contributed by atoms with Crippen LogP contribution in [0.1, 0.15) is 38.2 Å². The van der Waals surface area contributed by atoms with Crippen molar-refractivity contribution < 1.29 is 4.92 Å². The molecular weight excluding hydrogens is 380 g/mol. The smallest absolute Gasteiger partial charge is 0.353 e. The van der Waals surface area contributed by atoms with E-state index in [2.05, 4.69) is 46.1 Å². The van der Waals surface area contributed by atoms with E-state index in [1.165, 1.54) is 5.56 Å². The lowest BCUT2D eigenvalue weighted by molar-refractivity contribution is -0.383. The molecule has 2 fully saturated rings. The van der Waals surface area contributed by atoms with Gasteiger partial charge in [-0.3, -0.25) is 10.1 Å². The van der Waals surface area contributed by atoms with E-state index in [1.807, 2.05) is 11.0 Å². The van der Waals surface area contributed by atoms with Crippen LogP contribution in [0.25, 0.3) is 0 Å². The minimum absolute atomic E-state index is 0.0374. The zero-order valence-corrected chi connectivity index (χ0v) is 17.5. The second-order valence-corrected chi connectivity index (χ2v) is 8.65. The maximum Gasteiger partial charge on any atom is 0.353 e. The van der Waals surface area contributed by atoms with E-state index in [9.17, 15) is 10.1 Å². The van der Waals surface area contributed by atoms with Crippen molar-refractivity contribution in [1.82, 2.24) is 9.97 Å². The average Bonchev–Trinajstić information content (AvgIpc) is 2.74. The van der Waals surface area contributed by atoms with Crippen LogP contribution < -0.4 is 15.5 Å². The van der Waals surface area contributed by atoms with Crippen LogP contribution in [-0.2, 0) is 6.42 Å². The van der Waals surface area contributed by atoms with Crippen molar-refractivity contribution in [2.24, 2.45) is 11.8 Å². The minimum atomic E-state index is -0.445. The highest BCUT2D eigenvalue weighted by Crippen LogP contribution is 2.36. The molecule has 8 nitrogen and oxygen atoms in total. The van der Waals surface area contributed by atoms with Crippen LogP contribution in [0.5, 0.6) is 0 Å². The SMILES string of the molecule is C[C@H]1CCCN(c2nc(N3CCC(Cc4ccccc4)CC3)nc(N)c2[N+](=O)[O-])C1. The first kappa shape index (κ1) is 20.4. The van der Waals surface area contributed by atoms with Gasteiger partial charge in [-0.25, -0.2) is 0 Å². The fourth-order valence-corrected chi connectivity index (χ4v) is 4.65. The Hall–Kier alpha value is -2.90. The number of piperidine rings is 2. The number of nitro groups is 1. The van der Waals surface area contributed by atoms with Gasteiger partial charge in [-0.05, 0) is 49.5 Å². The Kier molecular flexibility index (Phi) is 6.01. The summed E-state index contributed by atoms with van der Waals surface area (Å²) in [5.74, 6) is 1.96. The molecule has 2 saturated heterocycles. The predicted molar refractivity (Wildman–Crippen MR) is 119 cm³/mol. The van der Waals surface area contributed by atoms with Crippen molar-refractivity contribution in [3.05, 3.63) is 46.0 Å². The molecule has 2 N–H and O–H groups in total. The number of benzene rings is 1. The Bertz CT molecular complexity index is 883. The van der Waals surface area contributed by atoms with Gasteiger partial charge in [0.15, 0.2) is 0 Å². The topological polar surface area (TPSA) is 101 Å². The summed E-state index contributed by atoms with van der Waals surface area (Å²) in [5, 5.41) is 11.7. The van der Waals surface area contributed by atoms with Crippen molar-refractivity contribution in [1.29, 1.82) is 0 Å². The van der Waals surface area contributed by atoms with Gasteiger partial charge in [0, 0.05) is 26.2 Å². The number of anilines is 3. The van der Waals surface area contributed by atoms with E-state index < -0.39 is 4.92 Å². The lowest BCUT2D eigenvalue weighted by atomic mass is 9.90. The Morgan fingerprint density at radius 1 is 1.10 bits per heavy atom. The normalized spacial score (nSPS) is 20.4. The average molecular weight is 411 g/mol. The molecule has 0 bridgehead atoms. The summed E-state index contributed by atoms with van der Waals surface area (Å²) < 4.78 is 0. The van der Waals surface area contributed by atoms with Gasteiger partial charge >= 0.3 is 5.69 Å². The highest BCUT2D eigenvalue weighted by atomic mass is 16.6. The van der Waals surface area contributed by atoms with E-state index in [1.54, 1.807) is 0 Å². The Morgan fingerprint density at radius 2 is 1.83 bits per heavy atom. The molecule has 3 heterocycles. The van der Waals surface area contributed by atoms with Gasteiger partial charge in [0.05, 0.1) is 4.92 Å². The van der Waals surface area contributed by atoms with Crippen LogP contribution in [0, 0.1) is 22.0 Å². The molecule has 0 unspecified atom stereocenters. The first-order valence-corrected chi connectivity index (χ1v) is 10.9. The predicted octanol–water partition coefficient (Wildman–Crippen LogP) is 3.66. The molecule has 0 saturated carbocycles. The largest absolute Gasteiger partial charge is 0.378 e. The first-order valence-electron chi connectivity index (χ1n) is 10.9. The minimum Gasteiger partial charge on any atom is -0.378 e. The maximum absolute atomic E-state index is 11.7. The molecule has 2 aromatic rings. The molecule has 0 radical (unpaired) electrons. The molecule has 0 aliphatic carbocycles. The second kappa shape index (κ2) is 8.85. The molecule has 4 rings (SSSR count). The van der Waals surface area contributed by atoms with Crippen molar-refractivity contribution in [3.63, 3.8) is 0 Å². The van der Waals surface area contributed by atoms with Gasteiger partial charge in [-0.2, -0.15) is 9.97 Å². The van der Waals surface area contributed by atoms with Gasteiger partial charge < -0.3 is 15.5 Å². The molecule has 2 aliphatic rings. The van der Waals surface area contributed by atoms with E-state index >= 15 is 0 Å². The molecule has 8 heteroatoms. The van der Waals surface area contributed by atoms with Crippen molar-refractivity contribution in [3.8, 4) is 0 Å². The van der Waals surface area contributed by atoms with E-state index in [4.69, 9.17) is 5.73 Å². The second-order valence-electron chi connectivity index (χ2n) is 8.65. The summed E-state index contributed by atoms with van der Waals surface area (Å²) in [6, 6.07) is 10.6. The molecule has 2 aliphatic heterocycles. The van der Waals surface area contributed by atoms with Gasteiger partial charge in [0.2, 0.25) is 17.6 Å². The molecule has 0 amide bonds. The third-order valence-corrected chi connectivity index (χ3v) is 6.28. The van der Waals surface area contributed by atoms with Crippen molar-refractivity contribution in [2.75, 3.05) is 41.7 Å². The van der Waals surface area contributed by atoms with Gasteiger partial charge in [-0.15, -0.1) is 0 Å². The summed E-state index contributed by atoms with van der Waals surface area (Å²) in [4.78, 5) is 24.4. The molecule has 1 aromatic carbocycles. The van der Waals surface area contributed by atoms with E-state index in [-0.39, 0.29) is 11.5 Å². The van der Waals surface area contributed by atoms with Crippen LogP contribution in [-0.4, -0.2) is 41.1 Å². The number of nitrogens with two attached hydrogens (primary N) is 1. The third kappa shape index (κ3) is 4.47. The molecule has 160 valence electrons. The Labute approximate surface area is 177 Å². The molecular formula is C22H30N6O2. The summed E-state index contributed by atoms with van der Waals surface area (Å²) in [6.45, 7) is 5.37. The standard InChI is InChI=1S/C22H30N6O2/c1-16-6-5-11-27(15-16)21-19(28(29)30)20(23)24-22(25-21)26-12-9-18(10-13-26)14-17-7-3-2-4-8-17/h2-4,7-8,16,18H,5-6,9-15H2,1H3,(H2,23,24,25)/t16-/m0/s1. The van der Waals surface area contributed by atoms with Crippen LogP contribution in [0.4, 0.5) is 23.3 Å². The highest BCUT2D eigenvalue weighted by molar-refractivity contribution is 5.71. The monoisotopic (exact) mass is 410 g/mol. The molecule has 1 atom stereocenters. The Balaban J connectivity index is 1.51. The number of aromatic nitrogens is 2. The first-order chi connectivity index (χ1) is 14.5. The van der Waals surface area contributed by atoms with Crippen LogP contribution in [0.3, 0.4) is 0 Å². The van der Waals surface area contributed by atoms with Gasteiger partial charge in [0.1, 0.15) is 0 Å². The summed E-state index contributed by atoms with van der Waals surface area (Å²) in [5.41, 5.74) is 7.26. The van der Waals surface area contributed by atoms with Crippen LogP contribution in [0.2, 0.25) is 0 Å². The zero-order valence-electron chi connectivity index (χ0n) is 17.5.